The summed E-state index contributed by atoms with van der Waals surface area (Å²) >= 11 is 0. The summed E-state index contributed by atoms with van der Waals surface area (Å²) in [5, 5.41) is 9.09. The summed E-state index contributed by atoms with van der Waals surface area (Å²) in [7, 11) is 0. The molecule has 0 saturated carbocycles. The highest BCUT2D eigenvalue weighted by Crippen LogP contribution is 2.36. The molecule has 30 heavy (non-hydrogen) atoms. The van der Waals surface area contributed by atoms with E-state index in [9.17, 15) is 14.0 Å². The van der Waals surface area contributed by atoms with Crippen LogP contribution in [0.1, 0.15) is 48.4 Å². The number of hydrogen-bond acceptors (Lipinski definition) is 2. The first kappa shape index (κ1) is 20.4. The summed E-state index contributed by atoms with van der Waals surface area (Å²) in [6, 6.07) is 14.4. The van der Waals surface area contributed by atoms with Crippen LogP contribution < -0.4 is 0 Å². The van der Waals surface area contributed by atoms with Gasteiger partial charge in [-0.05, 0) is 60.4 Å². The minimum Gasteiger partial charge on any atom is -0.465 e. The Hall–Kier alpha value is -2.89. The van der Waals surface area contributed by atoms with Crippen molar-refractivity contribution in [2.24, 2.45) is 5.92 Å². The molecule has 2 aliphatic rings. The maximum Gasteiger partial charge on any atom is 0.407 e. The van der Waals surface area contributed by atoms with Gasteiger partial charge in [0.05, 0.1) is 6.04 Å². The molecular formula is C24H27FN2O3. The lowest BCUT2D eigenvalue weighted by Gasteiger charge is -2.38. The number of carbonyl (C=O) groups excluding carboxylic acids is 1. The highest BCUT2D eigenvalue weighted by Gasteiger charge is 2.32. The zero-order valence-electron chi connectivity index (χ0n) is 17.0. The molecule has 1 fully saturated rings. The van der Waals surface area contributed by atoms with Gasteiger partial charge < -0.3 is 14.9 Å². The Kier molecular flexibility index (Phi) is 6.02. The van der Waals surface area contributed by atoms with Gasteiger partial charge in [-0.25, -0.2) is 9.18 Å². The fourth-order valence-corrected chi connectivity index (χ4v) is 4.72. The lowest BCUT2D eigenvalue weighted by Crippen LogP contribution is -2.41. The van der Waals surface area contributed by atoms with E-state index in [2.05, 4.69) is 12.1 Å². The van der Waals surface area contributed by atoms with Gasteiger partial charge in [-0.2, -0.15) is 0 Å². The summed E-state index contributed by atoms with van der Waals surface area (Å²) in [6.07, 6.45) is 2.81. The van der Waals surface area contributed by atoms with Crippen molar-refractivity contribution in [3.05, 3.63) is 71.0 Å². The van der Waals surface area contributed by atoms with Gasteiger partial charge in [-0.3, -0.25) is 4.79 Å². The number of carbonyl (C=O) groups is 2. The molecule has 0 aromatic heterocycles. The van der Waals surface area contributed by atoms with E-state index in [1.807, 2.05) is 17.0 Å². The van der Waals surface area contributed by atoms with Crippen LogP contribution in [0.3, 0.4) is 0 Å². The summed E-state index contributed by atoms with van der Waals surface area (Å²) in [4.78, 5) is 27.7. The molecule has 1 unspecified atom stereocenters. The van der Waals surface area contributed by atoms with Gasteiger partial charge in [0.2, 0.25) is 5.91 Å². The van der Waals surface area contributed by atoms with Gasteiger partial charge in [0.1, 0.15) is 5.82 Å². The normalized spacial score (nSPS) is 19.4. The topological polar surface area (TPSA) is 60.9 Å². The second-order valence-corrected chi connectivity index (χ2v) is 8.24. The highest BCUT2D eigenvalue weighted by atomic mass is 19.1. The zero-order valence-corrected chi connectivity index (χ0v) is 17.0. The molecule has 158 valence electrons. The summed E-state index contributed by atoms with van der Waals surface area (Å²) in [5.74, 6) is 0.207. The van der Waals surface area contributed by atoms with Gasteiger partial charge in [0.15, 0.2) is 0 Å². The van der Waals surface area contributed by atoms with E-state index in [1.54, 1.807) is 12.1 Å². The Bertz CT molecular complexity index is 907. The van der Waals surface area contributed by atoms with E-state index in [1.165, 1.54) is 22.6 Å². The molecule has 0 radical (unpaired) electrons. The highest BCUT2D eigenvalue weighted by molar-refractivity contribution is 5.78. The van der Waals surface area contributed by atoms with E-state index < -0.39 is 6.09 Å². The quantitative estimate of drug-likeness (QED) is 0.809. The molecule has 1 atom stereocenters. The number of carboxylic acid groups (broad SMARTS) is 1. The Morgan fingerprint density at radius 3 is 2.40 bits per heavy atom. The van der Waals surface area contributed by atoms with Gasteiger partial charge in [0, 0.05) is 26.1 Å². The van der Waals surface area contributed by atoms with Crippen molar-refractivity contribution in [1.82, 2.24) is 9.80 Å². The molecule has 1 saturated heterocycles. The van der Waals surface area contributed by atoms with Crippen molar-refractivity contribution in [3.8, 4) is 0 Å². The third kappa shape index (κ3) is 4.32. The molecule has 0 spiro atoms. The maximum atomic E-state index is 13.5. The van der Waals surface area contributed by atoms with Crippen molar-refractivity contribution in [3.63, 3.8) is 0 Å². The molecule has 5 nitrogen and oxygen atoms in total. The summed E-state index contributed by atoms with van der Waals surface area (Å²) in [6.45, 7) is 1.74. The van der Waals surface area contributed by atoms with E-state index in [0.29, 0.717) is 32.0 Å². The van der Waals surface area contributed by atoms with Crippen LogP contribution in [-0.2, 0) is 11.2 Å². The number of hydrogen-bond donors (Lipinski definition) is 1. The van der Waals surface area contributed by atoms with Crippen LogP contribution in [0.5, 0.6) is 0 Å². The Balaban J connectivity index is 1.47. The maximum absolute atomic E-state index is 13.5. The Morgan fingerprint density at radius 2 is 1.70 bits per heavy atom. The third-order valence-electron chi connectivity index (χ3n) is 6.44. The van der Waals surface area contributed by atoms with Crippen LogP contribution in [0.15, 0.2) is 48.5 Å². The predicted molar refractivity (Wildman–Crippen MR) is 112 cm³/mol. The van der Waals surface area contributed by atoms with Gasteiger partial charge >= 0.3 is 6.09 Å². The van der Waals surface area contributed by atoms with Crippen molar-refractivity contribution in [1.29, 1.82) is 0 Å². The van der Waals surface area contributed by atoms with E-state index in [0.717, 1.165) is 36.8 Å². The predicted octanol–water partition coefficient (Wildman–Crippen LogP) is 4.47. The van der Waals surface area contributed by atoms with Crippen LogP contribution in [0, 0.1) is 11.7 Å². The molecule has 1 N–H and O–H groups in total. The molecule has 4 rings (SSSR count). The lowest BCUT2D eigenvalue weighted by molar-refractivity contribution is -0.133. The Morgan fingerprint density at radius 1 is 1.00 bits per heavy atom. The molecule has 2 aromatic rings. The van der Waals surface area contributed by atoms with Crippen LogP contribution in [-0.4, -0.2) is 46.5 Å². The zero-order chi connectivity index (χ0) is 21.1. The average molecular weight is 410 g/mol. The SMILES string of the molecule is O=C(O)N1CCC(CCC(=O)N2CCc3ccccc3C2c2ccc(F)cc2)CC1. The molecule has 6 heteroatoms. The second-order valence-electron chi connectivity index (χ2n) is 8.24. The second kappa shape index (κ2) is 8.86. The standard InChI is InChI=1S/C24H27FN2O3/c25-20-8-6-19(7-9-20)23-21-4-2-1-3-18(21)13-16-27(23)22(28)10-5-17-11-14-26(15-12-17)24(29)30/h1-4,6-9,17,23H,5,10-16H2,(H,29,30). The summed E-state index contributed by atoms with van der Waals surface area (Å²) < 4.78 is 13.5. The van der Waals surface area contributed by atoms with Crippen LogP contribution >= 0.6 is 0 Å². The largest absolute Gasteiger partial charge is 0.465 e. The van der Waals surface area contributed by atoms with Gasteiger partial charge in [-0.1, -0.05) is 36.4 Å². The molecule has 0 bridgehead atoms. The van der Waals surface area contributed by atoms with Crippen molar-refractivity contribution in [2.75, 3.05) is 19.6 Å². The third-order valence-corrected chi connectivity index (χ3v) is 6.44. The lowest BCUT2D eigenvalue weighted by atomic mass is 9.87. The van der Waals surface area contributed by atoms with E-state index >= 15 is 0 Å². The van der Waals surface area contributed by atoms with Crippen molar-refractivity contribution < 1.29 is 19.1 Å². The molecule has 0 aliphatic carbocycles. The number of rotatable bonds is 4. The van der Waals surface area contributed by atoms with Crippen LogP contribution in [0.2, 0.25) is 0 Å². The molecule has 2 heterocycles. The molecule has 2 aromatic carbocycles. The number of amides is 2. The molecular weight excluding hydrogens is 383 g/mol. The fourth-order valence-electron chi connectivity index (χ4n) is 4.72. The number of nitrogens with zero attached hydrogens (tertiary/aromatic N) is 2. The van der Waals surface area contributed by atoms with E-state index in [4.69, 9.17) is 5.11 Å². The minimum atomic E-state index is -0.862. The first-order chi connectivity index (χ1) is 14.5. The smallest absolute Gasteiger partial charge is 0.407 e. The number of halogens is 1. The Labute approximate surface area is 176 Å². The minimum absolute atomic E-state index is 0.111. The van der Waals surface area contributed by atoms with Gasteiger partial charge in [0.25, 0.3) is 0 Å². The molecule has 2 aliphatic heterocycles. The number of benzene rings is 2. The average Bonchev–Trinajstić information content (AvgIpc) is 2.77. The number of likely N-dealkylation sites (tertiary alicyclic amines) is 1. The summed E-state index contributed by atoms with van der Waals surface area (Å²) in [5.41, 5.74) is 3.27. The van der Waals surface area contributed by atoms with Crippen LogP contribution in [0.4, 0.5) is 9.18 Å². The number of piperidine rings is 1. The van der Waals surface area contributed by atoms with Crippen molar-refractivity contribution >= 4 is 12.0 Å². The first-order valence-corrected chi connectivity index (χ1v) is 10.6. The fraction of sp³-hybridized carbons (Fsp3) is 0.417. The molecule has 2 amide bonds. The van der Waals surface area contributed by atoms with Crippen LogP contribution in [0.25, 0.3) is 0 Å². The number of fused-ring (bicyclic) bond motifs is 1. The van der Waals surface area contributed by atoms with Crippen molar-refractivity contribution in [2.45, 2.75) is 38.1 Å². The monoisotopic (exact) mass is 410 g/mol. The first-order valence-electron chi connectivity index (χ1n) is 10.6. The van der Waals surface area contributed by atoms with Gasteiger partial charge in [-0.15, -0.1) is 0 Å². The van der Waals surface area contributed by atoms with E-state index in [-0.39, 0.29) is 17.8 Å².